The summed E-state index contributed by atoms with van der Waals surface area (Å²) in [5.41, 5.74) is 0.608. The Morgan fingerprint density at radius 3 is 2.73 bits per heavy atom. The number of aryl methyl sites for hydroxylation is 1. The molecule has 5 nitrogen and oxygen atoms in total. The second kappa shape index (κ2) is 7.71. The molecule has 0 radical (unpaired) electrons. The van der Waals surface area contributed by atoms with E-state index in [-0.39, 0.29) is 12.5 Å². The van der Waals surface area contributed by atoms with E-state index < -0.39 is 17.8 Å². The lowest BCUT2D eigenvalue weighted by Crippen LogP contribution is -2.42. The molecule has 0 unspecified atom stereocenters. The molecular weight excluding hydrogens is 367 g/mol. The standard InChI is InChI=1S/C17H18F3N3O2S/c1-2-3-13-15(26-22-21-13)16(24)23-8-9-25-14(10-23)11-4-6-12(7-5-11)17(18,19)20/h4-7,14H,2-3,8-10H2,1H3/t14-/m0/s1. The average Bonchev–Trinajstić information content (AvgIpc) is 3.09. The molecule has 1 aromatic heterocycles. The number of benzene rings is 1. The van der Waals surface area contributed by atoms with Crippen LogP contribution in [-0.4, -0.2) is 40.1 Å². The van der Waals surface area contributed by atoms with Gasteiger partial charge in [-0.3, -0.25) is 4.79 Å². The number of carbonyl (C=O) groups excluding carboxylic acids is 1. The zero-order valence-corrected chi connectivity index (χ0v) is 14.9. The summed E-state index contributed by atoms with van der Waals surface area (Å²) in [7, 11) is 0. The first-order valence-corrected chi connectivity index (χ1v) is 9.06. The van der Waals surface area contributed by atoms with E-state index in [1.54, 1.807) is 4.90 Å². The van der Waals surface area contributed by atoms with Crippen molar-refractivity contribution in [1.82, 2.24) is 14.5 Å². The zero-order valence-electron chi connectivity index (χ0n) is 14.1. The van der Waals surface area contributed by atoms with Crippen LogP contribution in [0.3, 0.4) is 0 Å². The maximum atomic E-state index is 12.8. The van der Waals surface area contributed by atoms with E-state index in [0.717, 1.165) is 30.1 Å². The SMILES string of the molecule is CCCc1nnsc1C(=O)N1CCO[C@H](c2ccc(C(F)(F)F)cc2)C1. The van der Waals surface area contributed by atoms with Crippen LogP contribution in [0.1, 0.15) is 45.9 Å². The molecule has 1 aromatic carbocycles. The lowest BCUT2D eigenvalue weighted by Gasteiger charge is -2.33. The lowest BCUT2D eigenvalue weighted by molar-refractivity contribution is -0.137. The van der Waals surface area contributed by atoms with Gasteiger partial charge in [-0.15, -0.1) is 5.10 Å². The third-order valence-electron chi connectivity index (χ3n) is 4.20. The molecule has 1 atom stereocenters. The van der Waals surface area contributed by atoms with Gasteiger partial charge in [-0.05, 0) is 35.6 Å². The fourth-order valence-corrected chi connectivity index (χ4v) is 3.51. The molecule has 0 saturated carbocycles. The Bertz CT molecular complexity index is 761. The largest absolute Gasteiger partial charge is 0.416 e. The van der Waals surface area contributed by atoms with Crippen LogP contribution in [0.4, 0.5) is 13.2 Å². The highest BCUT2D eigenvalue weighted by atomic mass is 32.1. The van der Waals surface area contributed by atoms with Crippen molar-refractivity contribution in [2.45, 2.75) is 32.0 Å². The number of alkyl halides is 3. The Morgan fingerprint density at radius 1 is 1.35 bits per heavy atom. The number of ether oxygens (including phenoxy) is 1. The molecule has 1 aliphatic rings. The van der Waals surface area contributed by atoms with Crippen molar-refractivity contribution in [1.29, 1.82) is 0 Å². The number of amides is 1. The van der Waals surface area contributed by atoms with E-state index in [4.69, 9.17) is 4.74 Å². The Kier molecular flexibility index (Phi) is 5.57. The van der Waals surface area contributed by atoms with Gasteiger partial charge in [0.1, 0.15) is 11.0 Å². The van der Waals surface area contributed by atoms with Crippen molar-refractivity contribution in [3.63, 3.8) is 0 Å². The van der Waals surface area contributed by atoms with Crippen LogP contribution in [0.2, 0.25) is 0 Å². The fourth-order valence-electron chi connectivity index (χ4n) is 2.84. The Balaban J connectivity index is 1.73. The van der Waals surface area contributed by atoms with Crippen molar-refractivity contribution in [3.8, 4) is 0 Å². The van der Waals surface area contributed by atoms with Gasteiger partial charge in [0.2, 0.25) is 0 Å². The lowest BCUT2D eigenvalue weighted by atomic mass is 10.0. The van der Waals surface area contributed by atoms with Crippen LogP contribution < -0.4 is 0 Å². The normalized spacial score (nSPS) is 18.2. The molecule has 2 heterocycles. The molecule has 9 heteroatoms. The summed E-state index contributed by atoms with van der Waals surface area (Å²) in [6.45, 7) is 3.04. The van der Waals surface area contributed by atoms with E-state index in [9.17, 15) is 18.0 Å². The highest BCUT2D eigenvalue weighted by Crippen LogP contribution is 2.31. The predicted molar refractivity (Wildman–Crippen MR) is 89.9 cm³/mol. The second-order valence-corrected chi connectivity index (χ2v) is 6.78. The predicted octanol–water partition coefficient (Wildman–Crippen LogP) is 3.72. The number of hydrogen-bond acceptors (Lipinski definition) is 5. The fraction of sp³-hybridized carbons (Fsp3) is 0.471. The van der Waals surface area contributed by atoms with Crippen molar-refractivity contribution >= 4 is 17.4 Å². The second-order valence-electron chi connectivity index (χ2n) is 6.03. The molecular formula is C17H18F3N3O2S. The molecule has 0 N–H and O–H groups in total. The van der Waals surface area contributed by atoms with Crippen LogP contribution >= 0.6 is 11.5 Å². The summed E-state index contributed by atoms with van der Waals surface area (Å²) >= 11 is 1.07. The summed E-state index contributed by atoms with van der Waals surface area (Å²) in [4.78, 5) is 15.0. The minimum absolute atomic E-state index is 0.149. The molecule has 1 amide bonds. The van der Waals surface area contributed by atoms with Crippen molar-refractivity contribution in [2.24, 2.45) is 0 Å². The highest BCUT2D eigenvalue weighted by Gasteiger charge is 2.32. The van der Waals surface area contributed by atoms with Crippen molar-refractivity contribution in [2.75, 3.05) is 19.7 Å². The number of halogens is 3. The molecule has 3 rings (SSSR count). The van der Waals surface area contributed by atoms with Gasteiger partial charge in [-0.25, -0.2) is 0 Å². The minimum Gasteiger partial charge on any atom is -0.370 e. The smallest absolute Gasteiger partial charge is 0.370 e. The maximum absolute atomic E-state index is 12.8. The Hall–Kier alpha value is -2.00. The third-order valence-corrected chi connectivity index (χ3v) is 4.96. The molecule has 2 aromatic rings. The van der Waals surface area contributed by atoms with Gasteiger partial charge in [0.15, 0.2) is 0 Å². The molecule has 1 aliphatic heterocycles. The topological polar surface area (TPSA) is 55.3 Å². The third kappa shape index (κ3) is 4.04. The number of morpholine rings is 1. The number of aromatic nitrogens is 2. The van der Waals surface area contributed by atoms with E-state index in [0.29, 0.717) is 35.7 Å². The highest BCUT2D eigenvalue weighted by molar-refractivity contribution is 7.08. The van der Waals surface area contributed by atoms with Crippen LogP contribution in [-0.2, 0) is 17.3 Å². The maximum Gasteiger partial charge on any atom is 0.416 e. The van der Waals surface area contributed by atoms with E-state index in [1.807, 2.05) is 6.92 Å². The number of nitrogens with zero attached hydrogens (tertiary/aromatic N) is 3. The summed E-state index contributed by atoms with van der Waals surface area (Å²) in [6, 6.07) is 4.87. The van der Waals surface area contributed by atoms with Crippen LogP contribution in [0.15, 0.2) is 24.3 Å². The van der Waals surface area contributed by atoms with Crippen molar-refractivity contribution < 1.29 is 22.7 Å². The first kappa shape index (κ1) is 18.8. The summed E-state index contributed by atoms with van der Waals surface area (Å²) in [5, 5.41) is 4.01. The van der Waals surface area contributed by atoms with Gasteiger partial charge in [0.25, 0.3) is 5.91 Å². The van der Waals surface area contributed by atoms with Crippen LogP contribution in [0, 0.1) is 0 Å². The van der Waals surface area contributed by atoms with Gasteiger partial charge in [-0.2, -0.15) is 13.2 Å². The molecule has 140 valence electrons. The minimum atomic E-state index is -4.37. The number of rotatable bonds is 4. The van der Waals surface area contributed by atoms with E-state index in [2.05, 4.69) is 9.59 Å². The molecule has 26 heavy (non-hydrogen) atoms. The van der Waals surface area contributed by atoms with Crippen molar-refractivity contribution in [3.05, 3.63) is 46.0 Å². The average molecular weight is 385 g/mol. The van der Waals surface area contributed by atoms with E-state index >= 15 is 0 Å². The summed E-state index contributed by atoms with van der Waals surface area (Å²) in [6.07, 6.45) is -3.28. The first-order chi connectivity index (χ1) is 12.4. The van der Waals surface area contributed by atoms with Gasteiger partial charge in [-0.1, -0.05) is 30.0 Å². The van der Waals surface area contributed by atoms with Gasteiger partial charge in [0, 0.05) is 6.54 Å². The van der Waals surface area contributed by atoms with Crippen LogP contribution in [0.5, 0.6) is 0 Å². The van der Waals surface area contributed by atoms with Gasteiger partial charge in [0.05, 0.1) is 24.4 Å². The molecule has 0 aliphatic carbocycles. The molecule has 0 bridgehead atoms. The number of carbonyl (C=O) groups is 1. The monoisotopic (exact) mass is 385 g/mol. The summed E-state index contributed by atoms with van der Waals surface area (Å²) in [5.74, 6) is -0.149. The Morgan fingerprint density at radius 2 is 2.08 bits per heavy atom. The number of hydrogen-bond donors (Lipinski definition) is 0. The molecule has 1 fully saturated rings. The van der Waals surface area contributed by atoms with Gasteiger partial charge < -0.3 is 9.64 Å². The first-order valence-electron chi connectivity index (χ1n) is 8.29. The quantitative estimate of drug-likeness (QED) is 0.805. The zero-order chi connectivity index (χ0) is 18.7. The molecule has 0 spiro atoms. The Labute approximate surface area is 152 Å². The molecule has 1 saturated heterocycles. The van der Waals surface area contributed by atoms with Crippen LogP contribution in [0.25, 0.3) is 0 Å². The summed E-state index contributed by atoms with van der Waals surface area (Å²) < 4.78 is 47.6. The van der Waals surface area contributed by atoms with E-state index in [1.165, 1.54) is 12.1 Å². The van der Waals surface area contributed by atoms with Gasteiger partial charge >= 0.3 is 6.18 Å².